The van der Waals surface area contributed by atoms with E-state index in [9.17, 15) is 0 Å². The van der Waals surface area contributed by atoms with E-state index in [0.29, 0.717) is 11.7 Å². The van der Waals surface area contributed by atoms with Gasteiger partial charge in [0, 0.05) is 43.3 Å². The van der Waals surface area contributed by atoms with Crippen LogP contribution in [0.15, 0.2) is 47.4 Å². The van der Waals surface area contributed by atoms with Crippen LogP contribution < -0.4 is 10.6 Å². The Bertz CT molecular complexity index is 803. The Balaban J connectivity index is 1.70. The fourth-order valence-corrected chi connectivity index (χ4v) is 2.74. The molecule has 1 aliphatic heterocycles. The lowest BCUT2D eigenvalue weighted by Crippen LogP contribution is -2.27. The Labute approximate surface area is 133 Å². The van der Waals surface area contributed by atoms with Crippen molar-refractivity contribution in [2.75, 3.05) is 18.0 Å². The normalized spacial score (nSPS) is 17.6. The summed E-state index contributed by atoms with van der Waals surface area (Å²) in [5.41, 5.74) is 7.64. The second-order valence-corrected chi connectivity index (χ2v) is 5.53. The molecule has 1 fully saturated rings. The van der Waals surface area contributed by atoms with Crippen LogP contribution >= 0.6 is 0 Å². The van der Waals surface area contributed by atoms with Crippen LogP contribution in [-0.2, 0) is 0 Å². The van der Waals surface area contributed by atoms with Crippen LogP contribution in [0.1, 0.15) is 6.42 Å². The van der Waals surface area contributed by atoms with Crippen LogP contribution in [0.3, 0.4) is 0 Å². The Kier molecular flexibility index (Phi) is 3.47. The fraction of sp³-hybridized carbons (Fsp3) is 0.250. The van der Waals surface area contributed by atoms with Gasteiger partial charge in [-0.25, -0.2) is 4.98 Å². The zero-order valence-electron chi connectivity index (χ0n) is 12.5. The van der Waals surface area contributed by atoms with Gasteiger partial charge in [-0.3, -0.25) is 4.98 Å². The summed E-state index contributed by atoms with van der Waals surface area (Å²) in [6, 6.07) is 7.71. The average Bonchev–Trinajstić information content (AvgIpc) is 3.25. The molecule has 4 rings (SSSR count). The standard InChI is InChI=1S/C16H16N6O/c17-12-5-8-22(10-12)15-13(4-2-7-19-15)16-20-14(21-23-16)11-3-1-6-18-9-11/h1-4,6-7,9,12H,5,8,10,17H2. The van der Waals surface area contributed by atoms with Gasteiger partial charge < -0.3 is 15.2 Å². The first-order valence-electron chi connectivity index (χ1n) is 7.51. The number of nitrogens with zero attached hydrogens (tertiary/aromatic N) is 5. The van der Waals surface area contributed by atoms with E-state index in [0.717, 1.165) is 36.5 Å². The number of pyridine rings is 2. The summed E-state index contributed by atoms with van der Waals surface area (Å²) >= 11 is 0. The zero-order chi connectivity index (χ0) is 15.6. The number of aromatic nitrogens is 4. The molecule has 2 N–H and O–H groups in total. The molecule has 0 radical (unpaired) electrons. The molecule has 0 aliphatic carbocycles. The van der Waals surface area contributed by atoms with Crippen molar-refractivity contribution < 1.29 is 4.52 Å². The third-order valence-corrected chi connectivity index (χ3v) is 3.89. The summed E-state index contributed by atoms with van der Waals surface area (Å²) < 4.78 is 5.45. The number of anilines is 1. The van der Waals surface area contributed by atoms with Crippen molar-refractivity contribution in [2.45, 2.75) is 12.5 Å². The largest absolute Gasteiger partial charge is 0.354 e. The first kappa shape index (κ1) is 13.8. The summed E-state index contributed by atoms with van der Waals surface area (Å²) in [6.45, 7) is 1.67. The van der Waals surface area contributed by atoms with Gasteiger partial charge in [-0.2, -0.15) is 4.98 Å². The monoisotopic (exact) mass is 308 g/mol. The van der Waals surface area contributed by atoms with Crippen molar-refractivity contribution in [1.29, 1.82) is 0 Å². The van der Waals surface area contributed by atoms with Crippen molar-refractivity contribution in [3.05, 3.63) is 42.9 Å². The van der Waals surface area contributed by atoms with Gasteiger partial charge in [0.15, 0.2) is 0 Å². The van der Waals surface area contributed by atoms with Crippen LogP contribution in [-0.4, -0.2) is 39.2 Å². The highest BCUT2D eigenvalue weighted by Gasteiger charge is 2.24. The van der Waals surface area contributed by atoms with Crippen molar-refractivity contribution in [3.8, 4) is 22.8 Å². The molecule has 1 aliphatic rings. The molecule has 0 aromatic carbocycles. The number of rotatable bonds is 3. The molecule has 0 spiro atoms. The predicted molar refractivity (Wildman–Crippen MR) is 85.6 cm³/mol. The summed E-state index contributed by atoms with van der Waals surface area (Å²) in [4.78, 5) is 15.2. The van der Waals surface area contributed by atoms with Crippen LogP contribution in [0.5, 0.6) is 0 Å². The molecule has 7 heteroatoms. The Morgan fingerprint density at radius 3 is 2.91 bits per heavy atom. The zero-order valence-corrected chi connectivity index (χ0v) is 12.5. The van der Waals surface area contributed by atoms with Gasteiger partial charge in [0.1, 0.15) is 5.82 Å². The van der Waals surface area contributed by atoms with E-state index < -0.39 is 0 Å². The van der Waals surface area contributed by atoms with Gasteiger partial charge in [-0.05, 0) is 30.7 Å². The van der Waals surface area contributed by atoms with Crippen molar-refractivity contribution in [3.63, 3.8) is 0 Å². The predicted octanol–water partition coefficient (Wildman–Crippen LogP) is 1.73. The topological polar surface area (TPSA) is 94.0 Å². The van der Waals surface area contributed by atoms with E-state index in [-0.39, 0.29) is 6.04 Å². The molecule has 7 nitrogen and oxygen atoms in total. The van der Waals surface area contributed by atoms with Crippen molar-refractivity contribution >= 4 is 5.82 Å². The third-order valence-electron chi connectivity index (χ3n) is 3.89. The van der Waals surface area contributed by atoms with E-state index >= 15 is 0 Å². The minimum absolute atomic E-state index is 0.179. The van der Waals surface area contributed by atoms with E-state index in [1.807, 2.05) is 24.3 Å². The van der Waals surface area contributed by atoms with Gasteiger partial charge in [-0.15, -0.1) is 0 Å². The maximum Gasteiger partial charge on any atom is 0.262 e. The highest BCUT2D eigenvalue weighted by Crippen LogP contribution is 2.30. The maximum absolute atomic E-state index is 6.00. The molecule has 0 bridgehead atoms. The summed E-state index contributed by atoms with van der Waals surface area (Å²) in [5.74, 6) is 1.80. The van der Waals surface area contributed by atoms with Gasteiger partial charge >= 0.3 is 0 Å². The Morgan fingerprint density at radius 2 is 2.13 bits per heavy atom. The number of nitrogens with two attached hydrogens (primary N) is 1. The minimum Gasteiger partial charge on any atom is -0.354 e. The number of hydrogen-bond donors (Lipinski definition) is 1. The molecule has 1 unspecified atom stereocenters. The molecule has 3 aromatic heterocycles. The lowest BCUT2D eigenvalue weighted by atomic mass is 10.2. The lowest BCUT2D eigenvalue weighted by molar-refractivity contribution is 0.432. The molecule has 0 amide bonds. The first-order valence-corrected chi connectivity index (χ1v) is 7.51. The minimum atomic E-state index is 0.179. The van der Waals surface area contributed by atoms with Gasteiger partial charge in [0.2, 0.25) is 5.82 Å². The molecule has 1 atom stereocenters. The molecule has 0 saturated carbocycles. The van der Waals surface area contributed by atoms with E-state index in [2.05, 4.69) is 25.0 Å². The van der Waals surface area contributed by atoms with Crippen molar-refractivity contribution in [1.82, 2.24) is 20.1 Å². The SMILES string of the molecule is NC1CCN(c2ncccc2-c2nc(-c3cccnc3)no2)C1. The molecular weight excluding hydrogens is 292 g/mol. The smallest absolute Gasteiger partial charge is 0.262 e. The van der Waals surface area contributed by atoms with Gasteiger partial charge in [-0.1, -0.05) is 5.16 Å². The van der Waals surface area contributed by atoms with Crippen LogP contribution in [0.4, 0.5) is 5.82 Å². The molecule has 1 saturated heterocycles. The van der Waals surface area contributed by atoms with Crippen LogP contribution in [0.25, 0.3) is 22.8 Å². The van der Waals surface area contributed by atoms with E-state index in [4.69, 9.17) is 10.3 Å². The van der Waals surface area contributed by atoms with Gasteiger partial charge in [0.05, 0.1) is 5.56 Å². The van der Waals surface area contributed by atoms with Gasteiger partial charge in [0.25, 0.3) is 5.89 Å². The summed E-state index contributed by atoms with van der Waals surface area (Å²) in [6.07, 6.45) is 6.14. The fourth-order valence-electron chi connectivity index (χ4n) is 2.74. The van der Waals surface area contributed by atoms with E-state index in [1.165, 1.54) is 0 Å². The summed E-state index contributed by atoms with van der Waals surface area (Å²) in [5, 5.41) is 4.05. The maximum atomic E-state index is 6.00. The average molecular weight is 308 g/mol. The molecule has 116 valence electrons. The lowest BCUT2D eigenvalue weighted by Gasteiger charge is -2.18. The molecule has 3 aromatic rings. The highest BCUT2D eigenvalue weighted by atomic mass is 16.5. The Morgan fingerprint density at radius 1 is 1.22 bits per heavy atom. The quantitative estimate of drug-likeness (QED) is 0.787. The Hall–Kier alpha value is -2.80. The number of hydrogen-bond acceptors (Lipinski definition) is 7. The van der Waals surface area contributed by atoms with Crippen LogP contribution in [0.2, 0.25) is 0 Å². The highest BCUT2D eigenvalue weighted by molar-refractivity contribution is 5.71. The molecule has 23 heavy (non-hydrogen) atoms. The van der Waals surface area contributed by atoms with E-state index in [1.54, 1.807) is 18.6 Å². The molecule has 4 heterocycles. The third kappa shape index (κ3) is 2.66. The van der Waals surface area contributed by atoms with Crippen molar-refractivity contribution in [2.24, 2.45) is 5.73 Å². The first-order chi connectivity index (χ1) is 11.3. The molecular formula is C16H16N6O. The second kappa shape index (κ2) is 5.77. The second-order valence-electron chi connectivity index (χ2n) is 5.53. The van der Waals surface area contributed by atoms with Crippen LogP contribution in [0, 0.1) is 0 Å². The summed E-state index contributed by atoms with van der Waals surface area (Å²) in [7, 11) is 0.